The van der Waals surface area contributed by atoms with E-state index in [9.17, 15) is 18.8 Å². The van der Waals surface area contributed by atoms with Crippen LogP contribution < -0.4 is 10.4 Å². The molecule has 0 bridgehead atoms. The summed E-state index contributed by atoms with van der Waals surface area (Å²) in [5.74, 6) is -0.777. The lowest BCUT2D eigenvalue weighted by Gasteiger charge is -2.51. The first-order chi connectivity index (χ1) is 19.4. The normalized spacial score (nSPS) is 19.1. The van der Waals surface area contributed by atoms with Gasteiger partial charge in [-0.1, -0.05) is 30.3 Å². The van der Waals surface area contributed by atoms with Crippen LogP contribution in [0.5, 0.6) is 0 Å². The van der Waals surface area contributed by atoms with Crippen LogP contribution in [0, 0.1) is 5.82 Å². The molecule has 11 heteroatoms. The Bertz CT molecular complexity index is 1750. The number of thiophene rings is 1. The standard InChI is InChI=1S/C29H22FN3O6S/c30-16-5-6-18-21(13-16)20-8-12-40-27(20)19-4-2-1-3-17(19)25(18)33-24-15-38-11-10-31(24)28(35)26-22(14-39-29(36)37)23(34)7-9-32(26)33/h1-9,12-13,24-25H,10-11,14-15H2,(H,36,37)/t24-,25?/m1/s1. The minimum Gasteiger partial charge on any atom is -0.450 e. The van der Waals surface area contributed by atoms with Crippen LogP contribution in [0.25, 0.3) is 21.6 Å². The highest BCUT2D eigenvalue weighted by molar-refractivity contribution is 7.14. The van der Waals surface area contributed by atoms with E-state index in [1.807, 2.05) is 40.7 Å². The summed E-state index contributed by atoms with van der Waals surface area (Å²) in [6.45, 7) is 0.225. The maximum absolute atomic E-state index is 14.7. The SMILES string of the molecule is O=C(O)OCc1c2n(ccc1=O)N(C1c3ccc(F)cc3-c3ccsc3-c3ccccc31)[C@@H]1COCCN1C2=O. The van der Waals surface area contributed by atoms with Crippen molar-refractivity contribution in [2.45, 2.75) is 18.8 Å². The number of ether oxygens (including phenoxy) is 2. The van der Waals surface area contributed by atoms with Crippen LogP contribution in [0.3, 0.4) is 0 Å². The maximum atomic E-state index is 14.7. The van der Waals surface area contributed by atoms with Gasteiger partial charge in [0.2, 0.25) is 0 Å². The molecule has 2 atom stereocenters. The van der Waals surface area contributed by atoms with E-state index in [2.05, 4.69) is 0 Å². The van der Waals surface area contributed by atoms with Gasteiger partial charge in [0, 0.05) is 29.2 Å². The molecular formula is C29H22FN3O6S. The van der Waals surface area contributed by atoms with Crippen molar-refractivity contribution in [1.29, 1.82) is 0 Å². The summed E-state index contributed by atoms with van der Waals surface area (Å²) < 4.78 is 27.0. The summed E-state index contributed by atoms with van der Waals surface area (Å²) >= 11 is 1.57. The van der Waals surface area contributed by atoms with E-state index in [-0.39, 0.29) is 30.2 Å². The Hall–Kier alpha value is -4.48. The zero-order valence-corrected chi connectivity index (χ0v) is 21.8. The molecule has 40 heavy (non-hydrogen) atoms. The number of hydrogen-bond donors (Lipinski definition) is 1. The summed E-state index contributed by atoms with van der Waals surface area (Å²) in [6, 6.07) is 15.4. The fourth-order valence-corrected chi connectivity index (χ4v) is 6.97. The molecule has 0 radical (unpaired) electrons. The molecule has 1 saturated heterocycles. The lowest BCUT2D eigenvalue weighted by molar-refractivity contribution is -0.0197. The highest BCUT2D eigenvalue weighted by atomic mass is 32.1. The molecule has 2 aliphatic heterocycles. The molecule has 1 unspecified atom stereocenters. The summed E-state index contributed by atoms with van der Waals surface area (Å²) in [5.41, 5.74) is 3.86. The van der Waals surface area contributed by atoms with Gasteiger partial charge in [-0.2, -0.15) is 0 Å². The number of amides is 1. The average molecular weight is 560 g/mol. The lowest BCUT2D eigenvalue weighted by atomic mass is 9.92. The number of hydrogen-bond acceptors (Lipinski definition) is 7. The summed E-state index contributed by atoms with van der Waals surface area (Å²) in [7, 11) is 0. The Morgan fingerprint density at radius 1 is 1.07 bits per heavy atom. The van der Waals surface area contributed by atoms with Crippen LogP contribution in [0.4, 0.5) is 9.18 Å². The van der Waals surface area contributed by atoms with Crippen molar-refractivity contribution >= 4 is 23.4 Å². The molecule has 1 fully saturated rings. The smallest absolute Gasteiger partial charge is 0.450 e. The predicted octanol–water partition coefficient (Wildman–Crippen LogP) is 4.43. The van der Waals surface area contributed by atoms with Crippen molar-refractivity contribution in [2.24, 2.45) is 0 Å². The number of carbonyl (C=O) groups is 2. The number of carboxylic acid groups (broad SMARTS) is 1. The topological polar surface area (TPSA) is 101 Å². The Kier molecular flexibility index (Phi) is 5.72. The van der Waals surface area contributed by atoms with Gasteiger partial charge in [0.25, 0.3) is 5.91 Å². The number of benzene rings is 2. The summed E-state index contributed by atoms with van der Waals surface area (Å²) in [5, 5.41) is 13.1. The van der Waals surface area contributed by atoms with Crippen LogP contribution in [0.2, 0.25) is 0 Å². The Morgan fingerprint density at radius 2 is 1.90 bits per heavy atom. The van der Waals surface area contributed by atoms with Crippen molar-refractivity contribution in [3.63, 3.8) is 0 Å². The molecule has 0 spiro atoms. The van der Waals surface area contributed by atoms with Gasteiger partial charge in [-0.3, -0.25) is 19.3 Å². The number of halogens is 1. The first kappa shape index (κ1) is 24.6. The molecule has 0 saturated carbocycles. The number of rotatable bonds is 3. The lowest BCUT2D eigenvalue weighted by Crippen LogP contribution is -2.66. The third-order valence-electron chi connectivity index (χ3n) is 7.67. The molecule has 7 rings (SSSR count). The molecule has 1 N–H and O–H groups in total. The first-order valence-electron chi connectivity index (χ1n) is 12.7. The van der Waals surface area contributed by atoms with E-state index in [0.29, 0.717) is 6.61 Å². The highest BCUT2D eigenvalue weighted by Crippen LogP contribution is 2.50. The van der Waals surface area contributed by atoms with Gasteiger partial charge in [0.05, 0.1) is 24.8 Å². The fraction of sp³-hybridized carbons (Fsp3) is 0.207. The van der Waals surface area contributed by atoms with Crippen LogP contribution in [0.1, 0.15) is 33.2 Å². The number of carbonyl (C=O) groups excluding carboxylic acids is 1. The van der Waals surface area contributed by atoms with Gasteiger partial charge in [-0.05, 0) is 45.8 Å². The molecular weight excluding hydrogens is 537 g/mol. The van der Waals surface area contributed by atoms with Crippen molar-refractivity contribution in [2.75, 3.05) is 24.8 Å². The van der Waals surface area contributed by atoms with E-state index in [1.54, 1.807) is 27.0 Å². The number of pyridine rings is 1. The van der Waals surface area contributed by atoms with Crippen molar-refractivity contribution in [3.8, 4) is 21.6 Å². The third-order valence-corrected chi connectivity index (χ3v) is 8.62. The van der Waals surface area contributed by atoms with Crippen LogP contribution in [0.15, 0.2) is 71.0 Å². The van der Waals surface area contributed by atoms with Gasteiger partial charge in [0.15, 0.2) is 5.43 Å². The second-order valence-corrected chi connectivity index (χ2v) is 10.6. The third kappa shape index (κ3) is 3.65. The van der Waals surface area contributed by atoms with Crippen LogP contribution in [-0.4, -0.2) is 52.7 Å². The van der Waals surface area contributed by atoms with Crippen LogP contribution in [-0.2, 0) is 16.1 Å². The second kappa shape index (κ2) is 9.32. The molecule has 4 heterocycles. The minimum atomic E-state index is -1.55. The maximum Gasteiger partial charge on any atom is 0.506 e. The zero-order valence-electron chi connectivity index (χ0n) is 21.0. The second-order valence-electron chi connectivity index (χ2n) is 9.73. The van der Waals surface area contributed by atoms with Crippen molar-refractivity contribution < 1.29 is 28.6 Å². The monoisotopic (exact) mass is 559 g/mol. The molecule has 1 amide bonds. The summed E-state index contributed by atoms with van der Waals surface area (Å²) in [4.78, 5) is 40.7. The first-order valence-corrected chi connectivity index (χ1v) is 13.6. The number of aromatic nitrogens is 1. The Labute approximate surface area is 231 Å². The molecule has 4 aromatic rings. The predicted molar refractivity (Wildman–Crippen MR) is 144 cm³/mol. The van der Waals surface area contributed by atoms with Crippen LogP contribution >= 0.6 is 11.3 Å². The van der Waals surface area contributed by atoms with E-state index in [4.69, 9.17) is 14.6 Å². The fourth-order valence-electron chi connectivity index (χ4n) is 6.01. The Morgan fingerprint density at radius 3 is 2.75 bits per heavy atom. The zero-order chi connectivity index (χ0) is 27.5. The van der Waals surface area contributed by atoms with Crippen molar-refractivity contribution in [3.05, 3.63) is 105 Å². The quantitative estimate of drug-likeness (QED) is 0.371. The molecule has 9 nitrogen and oxygen atoms in total. The van der Waals surface area contributed by atoms with Gasteiger partial charge >= 0.3 is 6.16 Å². The molecule has 2 aromatic heterocycles. The molecule has 2 aromatic carbocycles. The average Bonchev–Trinajstić information content (AvgIpc) is 3.41. The van der Waals surface area contributed by atoms with Crippen molar-refractivity contribution in [1.82, 2.24) is 9.58 Å². The summed E-state index contributed by atoms with van der Waals surface area (Å²) in [6.07, 6.45) is -0.583. The number of morpholine rings is 1. The molecule has 1 aliphatic carbocycles. The van der Waals surface area contributed by atoms with E-state index in [0.717, 1.165) is 32.7 Å². The van der Waals surface area contributed by atoms with Gasteiger partial charge in [-0.15, -0.1) is 11.3 Å². The van der Waals surface area contributed by atoms with Gasteiger partial charge < -0.3 is 19.5 Å². The molecule has 202 valence electrons. The largest absolute Gasteiger partial charge is 0.506 e. The molecule has 3 aliphatic rings. The van der Waals surface area contributed by atoms with E-state index >= 15 is 0 Å². The Balaban J connectivity index is 1.53. The minimum absolute atomic E-state index is 0.0343. The number of nitrogens with zero attached hydrogens (tertiary/aromatic N) is 3. The van der Waals surface area contributed by atoms with Gasteiger partial charge in [0.1, 0.15) is 24.3 Å². The highest BCUT2D eigenvalue weighted by Gasteiger charge is 2.46. The van der Waals surface area contributed by atoms with Gasteiger partial charge in [-0.25, -0.2) is 9.18 Å². The number of fused-ring (bicyclic) bond motifs is 7. The van der Waals surface area contributed by atoms with E-state index in [1.165, 1.54) is 24.4 Å². The van der Waals surface area contributed by atoms with E-state index < -0.39 is 36.3 Å².